The molecule has 0 heterocycles. The molecule has 0 saturated heterocycles. The molecule has 2 aromatic carbocycles. The van der Waals surface area contributed by atoms with E-state index in [9.17, 15) is 0 Å². The molecule has 0 bridgehead atoms. The second-order valence-corrected chi connectivity index (χ2v) is 5.99. The Balaban J connectivity index is 2.26. The van der Waals surface area contributed by atoms with E-state index in [2.05, 4.69) is 31.9 Å². The van der Waals surface area contributed by atoms with Crippen LogP contribution >= 0.6 is 31.9 Å². The highest BCUT2D eigenvalue weighted by Crippen LogP contribution is 2.27. The Hall–Kier alpha value is -0.680. The zero-order valence-electron chi connectivity index (χ0n) is 9.68. The van der Waals surface area contributed by atoms with E-state index >= 15 is 0 Å². The third kappa shape index (κ3) is 3.20. The van der Waals surface area contributed by atoms with Gasteiger partial charge < -0.3 is 11.5 Å². The number of benzene rings is 2. The van der Waals surface area contributed by atoms with E-state index in [0.717, 1.165) is 20.1 Å². The first-order valence-corrected chi connectivity index (χ1v) is 7.18. The number of hydrogen-bond donors (Lipinski definition) is 2. The van der Waals surface area contributed by atoms with Crippen LogP contribution in [0.4, 0.5) is 0 Å². The highest BCUT2D eigenvalue weighted by atomic mass is 79.9. The van der Waals surface area contributed by atoms with Gasteiger partial charge in [-0.15, -0.1) is 0 Å². The van der Waals surface area contributed by atoms with Crippen molar-refractivity contribution in [1.82, 2.24) is 0 Å². The van der Waals surface area contributed by atoms with E-state index in [1.807, 2.05) is 48.5 Å². The molecule has 0 aliphatic heterocycles. The molecular formula is C14H14Br2N2. The maximum Gasteiger partial charge on any atom is 0.0491 e. The van der Waals surface area contributed by atoms with Crippen LogP contribution in [0.1, 0.15) is 23.2 Å². The van der Waals surface area contributed by atoms with Crippen LogP contribution in [-0.2, 0) is 0 Å². The molecule has 4 heteroatoms. The lowest BCUT2D eigenvalue weighted by atomic mass is 9.95. The van der Waals surface area contributed by atoms with Crippen molar-refractivity contribution in [3.63, 3.8) is 0 Å². The summed E-state index contributed by atoms with van der Waals surface area (Å²) in [4.78, 5) is 0. The first-order valence-electron chi connectivity index (χ1n) is 5.60. The molecule has 0 aromatic heterocycles. The van der Waals surface area contributed by atoms with Crippen molar-refractivity contribution < 1.29 is 0 Å². The monoisotopic (exact) mass is 368 g/mol. The molecule has 0 radical (unpaired) electrons. The largest absolute Gasteiger partial charge is 0.322 e. The third-order valence-corrected chi connectivity index (χ3v) is 3.84. The molecule has 2 nitrogen and oxygen atoms in total. The summed E-state index contributed by atoms with van der Waals surface area (Å²) in [5.41, 5.74) is 14.5. The van der Waals surface area contributed by atoms with Crippen LogP contribution < -0.4 is 11.5 Å². The standard InChI is InChI=1S/C14H14Br2N2/c15-11-5-1-3-9(7-11)13(17)14(18)10-4-2-6-12(16)8-10/h1-8,13-14H,17-18H2. The molecule has 94 valence electrons. The Morgan fingerprint density at radius 2 is 1.11 bits per heavy atom. The minimum absolute atomic E-state index is 0.225. The predicted molar refractivity (Wildman–Crippen MR) is 82.1 cm³/mol. The smallest absolute Gasteiger partial charge is 0.0491 e. The Kier molecular flexibility index (Phi) is 4.56. The molecule has 0 aliphatic carbocycles. The normalized spacial score (nSPS) is 14.2. The number of rotatable bonds is 3. The second-order valence-electron chi connectivity index (χ2n) is 4.16. The maximum atomic E-state index is 6.23. The van der Waals surface area contributed by atoms with Crippen LogP contribution in [0.3, 0.4) is 0 Å². The van der Waals surface area contributed by atoms with E-state index in [1.54, 1.807) is 0 Å². The fourth-order valence-electron chi connectivity index (χ4n) is 1.84. The highest BCUT2D eigenvalue weighted by molar-refractivity contribution is 9.10. The Bertz CT molecular complexity index is 493. The van der Waals surface area contributed by atoms with Gasteiger partial charge in [-0.3, -0.25) is 0 Å². The van der Waals surface area contributed by atoms with E-state index < -0.39 is 0 Å². The molecule has 4 N–H and O–H groups in total. The minimum Gasteiger partial charge on any atom is -0.322 e. The maximum absolute atomic E-state index is 6.23. The van der Waals surface area contributed by atoms with Gasteiger partial charge in [0.15, 0.2) is 0 Å². The summed E-state index contributed by atoms with van der Waals surface area (Å²) < 4.78 is 2.02. The van der Waals surface area contributed by atoms with Gasteiger partial charge >= 0.3 is 0 Å². The molecule has 2 atom stereocenters. The van der Waals surface area contributed by atoms with Crippen LogP contribution in [0, 0.1) is 0 Å². The first-order chi connectivity index (χ1) is 8.58. The summed E-state index contributed by atoms with van der Waals surface area (Å²) in [6, 6.07) is 15.4. The Labute approximate surface area is 124 Å². The summed E-state index contributed by atoms with van der Waals surface area (Å²) in [6.07, 6.45) is 0. The van der Waals surface area contributed by atoms with E-state index in [0.29, 0.717) is 0 Å². The summed E-state index contributed by atoms with van der Waals surface area (Å²) in [7, 11) is 0. The van der Waals surface area contributed by atoms with Crippen molar-refractivity contribution in [1.29, 1.82) is 0 Å². The van der Waals surface area contributed by atoms with Crippen LogP contribution in [0.2, 0.25) is 0 Å². The van der Waals surface area contributed by atoms with Gasteiger partial charge in [0.1, 0.15) is 0 Å². The molecule has 18 heavy (non-hydrogen) atoms. The van der Waals surface area contributed by atoms with Gasteiger partial charge in [0.05, 0.1) is 0 Å². The third-order valence-electron chi connectivity index (χ3n) is 2.85. The molecule has 2 aromatic rings. The Morgan fingerprint density at radius 1 is 0.722 bits per heavy atom. The van der Waals surface area contributed by atoms with Crippen LogP contribution in [-0.4, -0.2) is 0 Å². The van der Waals surface area contributed by atoms with Crippen molar-refractivity contribution >= 4 is 31.9 Å². The lowest BCUT2D eigenvalue weighted by Gasteiger charge is -2.21. The second kappa shape index (κ2) is 5.97. The van der Waals surface area contributed by atoms with Crippen LogP contribution in [0.25, 0.3) is 0 Å². The highest BCUT2D eigenvalue weighted by Gasteiger charge is 2.17. The van der Waals surface area contributed by atoms with Crippen LogP contribution in [0.5, 0.6) is 0 Å². The van der Waals surface area contributed by atoms with Gasteiger partial charge in [0, 0.05) is 21.0 Å². The number of halogens is 2. The average molecular weight is 370 g/mol. The lowest BCUT2D eigenvalue weighted by Crippen LogP contribution is -2.26. The van der Waals surface area contributed by atoms with Gasteiger partial charge in [0.2, 0.25) is 0 Å². The molecule has 2 unspecified atom stereocenters. The van der Waals surface area contributed by atoms with Gasteiger partial charge in [-0.05, 0) is 35.4 Å². The fourth-order valence-corrected chi connectivity index (χ4v) is 2.68. The van der Waals surface area contributed by atoms with E-state index in [1.165, 1.54) is 0 Å². The van der Waals surface area contributed by atoms with Gasteiger partial charge in [-0.25, -0.2) is 0 Å². The van der Waals surface area contributed by atoms with Crippen molar-refractivity contribution in [2.45, 2.75) is 12.1 Å². The SMILES string of the molecule is NC(c1cccc(Br)c1)C(N)c1cccc(Br)c1. The molecule has 2 rings (SSSR count). The molecular weight excluding hydrogens is 356 g/mol. The lowest BCUT2D eigenvalue weighted by molar-refractivity contribution is 0.574. The number of hydrogen-bond acceptors (Lipinski definition) is 2. The van der Waals surface area contributed by atoms with Crippen molar-refractivity contribution in [2.75, 3.05) is 0 Å². The topological polar surface area (TPSA) is 52.0 Å². The molecule has 0 fully saturated rings. The van der Waals surface area contributed by atoms with E-state index in [4.69, 9.17) is 11.5 Å². The summed E-state index contributed by atoms with van der Waals surface area (Å²) in [6.45, 7) is 0. The first kappa shape index (κ1) is 13.7. The predicted octanol–water partition coefficient (Wildman–Crippen LogP) is 3.91. The fraction of sp³-hybridized carbons (Fsp3) is 0.143. The van der Waals surface area contributed by atoms with E-state index in [-0.39, 0.29) is 12.1 Å². The Morgan fingerprint density at radius 3 is 1.44 bits per heavy atom. The zero-order chi connectivity index (χ0) is 13.1. The average Bonchev–Trinajstić information content (AvgIpc) is 2.37. The van der Waals surface area contributed by atoms with Crippen molar-refractivity contribution in [3.05, 3.63) is 68.6 Å². The van der Waals surface area contributed by atoms with Gasteiger partial charge in [-0.2, -0.15) is 0 Å². The minimum atomic E-state index is -0.225. The van der Waals surface area contributed by atoms with Crippen molar-refractivity contribution in [3.8, 4) is 0 Å². The summed E-state index contributed by atoms with van der Waals surface area (Å²) in [5, 5.41) is 0. The van der Waals surface area contributed by atoms with Crippen LogP contribution in [0.15, 0.2) is 57.5 Å². The molecule has 0 aliphatic rings. The van der Waals surface area contributed by atoms with Crippen molar-refractivity contribution in [2.24, 2.45) is 11.5 Å². The zero-order valence-corrected chi connectivity index (χ0v) is 12.9. The molecule has 0 saturated carbocycles. The number of nitrogens with two attached hydrogens (primary N) is 2. The van der Waals surface area contributed by atoms with Gasteiger partial charge in [0.25, 0.3) is 0 Å². The molecule has 0 spiro atoms. The summed E-state index contributed by atoms with van der Waals surface area (Å²) in [5.74, 6) is 0. The molecule has 0 amide bonds. The quantitative estimate of drug-likeness (QED) is 0.861. The van der Waals surface area contributed by atoms with Gasteiger partial charge in [-0.1, -0.05) is 56.1 Å². The summed E-state index contributed by atoms with van der Waals surface area (Å²) >= 11 is 6.89.